The monoisotopic (exact) mass is 564 g/mol. The number of aliphatic hydroxyl groups excluding tert-OH is 1. The number of alkyl carbamates (subject to hydrolysis) is 2. The van der Waals surface area contributed by atoms with E-state index in [0.717, 1.165) is 30.4 Å². The first kappa shape index (κ1) is 29.8. The van der Waals surface area contributed by atoms with Crippen LogP contribution in [0.25, 0.3) is 11.3 Å². The number of anilines is 3. The SMILES string of the molecule is COC(=O)NC(=O)Nc1ccccc1NC(=O)NC(=O)OC.Nc1nc(-c2ccc(Cl)cc2)c(CCO)s1. The maximum Gasteiger partial charge on any atom is 0.415 e. The molecule has 13 nitrogen and oxygen atoms in total. The summed E-state index contributed by atoms with van der Waals surface area (Å²) in [6, 6.07) is 11.9. The molecule has 0 bridgehead atoms. The second-order valence-corrected chi connectivity index (χ2v) is 8.54. The van der Waals surface area contributed by atoms with Gasteiger partial charge in [0, 0.05) is 28.5 Å². The number of halogens is 1. The lowest BCUT2D eigenvalue weighted by Gasteiger charge is -2.12. The number of rotatable bonds is 5. The van der Waals surface area contributed by atoms with Gasteiger partial charge in [0.05, 0.1) is 31.3 Å². The molecule has 1 aromatic heterocycles. The number of nitrogens with one attached hydrogen (secondary N) is 4. The number of urea groups is 2. The second kappa shape index (κ2) is 15.0. The molecule has 0 aliphatic rings. The standard InChI is InChI=1S/C12H14N4O6.C11H11ClN2OS/c1-21-11(19)15-9(17)13-7-5-3-4-6-8(7)14-10(18)16-12(20)22-2;12-8-3-1-7(2-4-8)10-9(5-6-15)16-11(13)14-10/h3-6H,1-2H3,(H2,13,15,17,19)(H2,14,16,18,20);1-4,15H,5-6H2,(H2,13,14). The number of carbonyl (C=O) groups is 4. The van der Waals surface area contributed by atoms with E-state index in [1.54, 1.807) is 12.1 Å². The number of carbonyl (C=O) groups excluding carboxylic acids is 4. The Morgan fingerprint density at radius 3 is 1.87 bits per heavy atom. The van der Waals surface area contributed by atoms with Crippen molar-refractivity contribution in [1.82, 2.24) is 15.6 Å². The van der Waals surface area contributed by atoms with E-state index in [1.165, 1.54) is 23.5 Å². The quantitative estimate of drug-likeness (QED) is 0.265. The van der Waals surface area contributed by atoms with Crippen LogP contribution >= 0.6 is 22.9 Å². The van der Waals surface area contributed by atoms with Gasteiger partial charge in [-0.25, -0.2) is 34.8 Å². The predicted molar refractivity (Wildman–Crippen MR) is 143 cm³/mol. The molecule has 1 heterocycles. The fraction of sp³-hybridized carbons (Fsp3) is 0.174. The van der Waals surface area contributed by atoms with Crippen LogP contribution in [-0.4, -0.2) is 55.2 Å². The lowest BCUT2D eigenvalue weighted by molar-refractivity contribution is 0.170. The molecule has 15 heteroatoms. The van der Waals surface area contributed by atoms with E-state index >= 15 is 0 Å². The van der Waals surface area contributed by atoms with Gasteiger partial charge >= 0.3 is 24.2 Å². The van der Waals surface area contributed by atoms with Gasteiger partial charge in [0.2, 0.25) is 0 Å². The van der Waals surface area contributed by atoms with E-state index in [9.17, 15) is 19.2 Å². The molecule has 0 fully saturated rings. The van der Waals surface area contributed by atoms with Gasteiger partial charge in [0.15, 0.2) is 5.13 Å². The molecule has 0 saturated carbocycles. The fourth-order valence-corrected chi connectivity index (χ4v) is 3.74. The van der Waals surface area contributed by atoms with Crippen LogP contribution in [0.15, 0.2) is 48.5 Å². The van der Waals surface area contributed by atoms with E-state index in [-0.39, 0.29) is 18.0 Å². The Bertz CT molecular complexity index is 1220. The topological polar surface area (TPSA) is 194 Å². The lowest BCUT2D eigenvalue weighted by Crippen LogP contribution is -2.36. The lowest BCUT2D eigenvalue weighted by atomic mass is 10.1. The summed E-state index contributed by atoms with van der Waals surface area (Å²) in [5.41, 5.74) is 7.89. The number of amides is 6. The van der Waals surface area contributed by atoms with Crippen molar-refractivity contribution in [3.05, 3.63) is 58.4 Å². The van der Waals surface area contributed by atoms with Gasteiger partial charge in [-0.05, 0) is 24.3 Å². The van der Waals surface area contributed by atoms with Crippen molar-refractivity contribution in [2.45, 2.75) is 6.42 Å². The number of ether oxygens (including phenoxy) is 2. The summed E-state index contributed by atoms with van der Waals surface area (Å²) in [4.78, 5) is 50.1. The molecule has 0 spiro atoms. The maximum absolute atomic E-state index is 11.5. The number of para-hydroxylation sites is 2. The van der Waals surface area contributed by atoms with Crippen LogP contribution in [-0.2, 0) is 15.9 Å². The molecule has 0 saturated heterocycles. The minimum Gasteiger partial charge on any atom is -0.453 e. The minimum atomic E-state index is -0.939. The molecule has 0 aliphatic heterocycles. The Morgan fingerprint density at radius 2 is 1.42 bits per heavy atom. The molecule has 0 radical (unpaired) electrons. The highest BCUT2D eigenvalue weighted by Gasteiger charge is 2.13. The summed E-state index contributed by atoms with van der Waals surface area (Å²) >= 11 is 7.23. The fourth-order valence-electron chi connectivity index (χ4n) is 2.77. The zero-order valence-electron chi connectivity index (χ0n) is 20.2. The van der Waals surface area contributed by atoms with Gasteiger partial charge in [0.1, 0.15) is 0 Å². The zero-order chi connectivity index (χ0) is 28.1. The molecule has 6 amide bonds. The van der Waals surface area contributed by atoms with Gasteiger partial charge in [-0.3, -0.25) is 0 Å². The number of methoxy groups -OCH3 is 2. The molecular weight excluding hydrogens is 540 g/mol. The first-order valence-electron chi connectivity index (χ1n) is 10.7. The average Bonchev–Trinajstić information content (AvgIpc) is 3.25. The number of aromatic nitrogens is 1. The van der Waals surface area contributed by atoms with Crippen molar-refractivity contribution in [2.75, 3.05) is 37.2 Å². The van der Waals surface area contributed by atoms with Gasteiger partial charge in [-0.2, -0.15) is 0 Å². The molecule has 2 aromatic carbocycles. The minimum absolute atomic E-state index is 0.0994. The van der Waals surface area contributed by atoms with Crippen molar-refractivity contribution in [1.29, 1.82) is 0 Å². The van der Waals surface area contributed by atoms with Gasteiger partial charge in [0.25, 0.3) is 0 Å². The zero-order valence-corrected chi connectivity index (χ0v) is 21.8. The van der Waals surface area contributed by atoms with E-state index in [4.69, 9.17) is 22.4 Å². The highest BCUT2D eigenvalue weighted by atomic mass is 35.5. The number of benzene rings is 2. The normalized spacial score (nSPS) is 9.79. The smallest absolute Gasteiger partial charge is 0.415 e. The number of nitrogens with zero attached hydrogens (tertiary/aromatic N) is 1. The second-order valence-electron chi connectivity index (χ2n) is 6.99. The molecule has 3 aromatic rings. The Kier molecular flexibility index (Phi) is 11.8. The molecular formula is C23H25ClN6O7S. The number of hydrogen-bond acceptors (Lipinski definition) is 10. The Labute approximate surface area is 226 Å². The average molecular weight is 565 g/mol. The molecule has 38 heavy (non-hydrogen) atoms. The van der Waals surface area contributed by atoms with E-state index < -0.39 is 24.2 Å². The number of thiazole rings is 1. The number of nitrogens with two attached hydrogens (primary N) is 1. The number of hydrogen-bond donors (Lipinski definition) is 6. The Morgan fingerprint density at radius 1 is 0.921 bits per heavy atom. The van der Waals surface area contributed by atoms with Crippen molar-refractivity contribution in [3.63, 3.8) is 0 Å². The highest BCUT2D eigenvalue weighted by Crippen LogP contribution is 2.30. The van der Waals surface area contributed by atoms with E-state index in [2.05, 4.69) is 25.1 Å². The van der Waals surface area contributed by atoms with Crippen molar-refractivity contribution in [2.24, 2.45) is 0 Å². The van der Waals surface area contributed by atoms with Crippen molar-refractivity contribution in [3.8, 4) is 11.3 Å². The molecule has 0 atom stereocenters. The summed E-state index contributed by atoms with van der Waals surface area (Å²) in [7, 11) is 2.21. The largest absolute Gasteiger partial charge is 0.453 e. The summed E-state index contributed by atoms with van der Waals surface area (Å²) in [5, 5.41) is 18.6. The third kappa shape index (κ3) is 9.57. The summed E-state index contributed by atoms with van der Waals surface area (Å²) in [6.45, 7) is 0.0994. The van der Waals surface area contributed by atoms with E-state index in [1.807, 2.05) is 34.9 Å². The van der Waals surface area contributed by atoms with Crippen LogP contribution in [0.2, 0.25) is 5.02 Å². The van der Waals surface area contributed by atoms with Crippen LogP contribution in [0.4, 0.5) is 35.7 Å². The van der Waals surface area contributed by atoms with Crippen LogP contribution < -0.4 is 27.0 Å². The summed E-state index contributed by atoms with van der Waals surface area (Å²) in [6.07, 6.45) is -1.30. The summed E-state index contributed by atoms with van der Waals surface area (Å²) in [5.74, 6) is 0. The first-order valence-corrected chi connectivity index (χ1v) is 11.9. The van der Waals surface area contributed by atoms with Gasteiger partial charge < -0.3 is 30.9 Å². The van der Waals surface area contributed by atoms with Crippen LogP contribution in [0, 0.1) is 0 Å². The number of nitrogen functional groups attached to an aromatic ring is 1. The van der Waals surface area contributed by atoms with Gasteiger partial charge in [-0.1, -0.05) is 35.9 Å². The van der Waals surface area contributed by atoms with Crippen LogP contribution in [0.3, 0.4) is 0 Å². The third-order valence-corrected chi connectivity index (χ3v) is 5.59. The van der Waals surface area contributed by atoms with Crippen LogP contribution in [0.1, 0.15) is 4.88 Å². The Hall–Kier alpha value is -4.40. The molecule has 7 N–H and O–H groups in total. The maximum atomic E-state index is 11.5. The van der Waals surface area contributed by atoms with Crippen LogP contribution in [0.5, 0.6) is 0 Å². The number of imide groups is 2. The first-order chi connectivity index (χ1) is 18.2. The third-order valence-electron chi connectivity index (χ3n) is 4.40. The van der Waals surface area contributed by atoms with Crippen molar-refractivity contribution >= 4 is 63.7 Å². The predicted octanol–water partition coefficient (Wildman–Crippen LogP) is 4.04. The molecule has 0 aliphatic carbocycles. The summed E-state index contributed by atoms with van der Waals surface area (Å²) < 4.78 is 8.53. The highest BCUT2D eigenvalue weighted by molar-refractivity contribution is 7.15. The van der Waals surface area contributed by atoms with Crippen molar-refractivity contribution < 1.29 is 33.8 Å². The van der Waals surface area contributed by atoms with Gasteiger partial charge in [-0.15, -0.1) is 11.3 Å². The molecule has 202 valence electrons. The van der Waals surface area contributed by atoms with E-state index in [0.29, 0.717) is 16.6 Å². The molecule has 3 rings (SSSR count). The Balaban J connectivity index is 0.000000279. The number of aliphatic hydroxyl groups is 1. The molecule has 0 unspecified atom stereocenters.